The zero-order valence-electron chi connectivity index (χ0n) is 7.76. The zero-order chi connectivity index (χ0) is 9.26. The minimum atomic E-state index is 0.755. The third-order valence-electron chi connectivity index (χ3n) is 2.27. The molecule has 0 bridgehead atoms. The summed E-state index contributed by atoms with van der Waals surface area (Å²) in [5, 5.41) is 3.44. The van der Waals surface area contributed by atoms with E-state index >= 15 is 0 Å². The molecule has 3 nitrogen and oxygen atoms in total. The minimum Gasteiger partial charge on any atom is -0.326 e. The van der Waals surface area contributed by atoms with Crippen molar-refractivity contribution >= 4 is 15.9 Å². The van der Waals surface area contributed by atoms with Gasteiger partial charge in [0.25, 0.3) is 0 Å². The molecule has 1 fully saturated rings. The van der Waals surface area contributed by atoms with Gasteiger partial charge in [-0.2, -0.15) is 0 Å². The minimum absolute atomic E-state index is 0.755. The van der Waals surface area contributed by atoms with E-state index in [1.54, 1.807) is 0 Å². The van der Waals surface area contributed by atoms with Gasteiger partial charge >= 0.3 is 0 Å². The van der Waals surface area contributed by atoms with Gasteiger partial charge in [-0.3, -0.25) is 0 Å². The fraction of sp³-hybridized carbons (Fsp3) is 0.667. The summed E-state index contributed by atoms with van der Waals surface area (Å²) in [4.78, 5) is 4.40. The third kappa shape index (κ3) is 2.31. The monoisotopic (exact) mass is 243 g/mol. The van der Waals surface area contributed by atoms with Crippen LogP contribution in [0.1, 0.15) is 25.5 Å². The number of hydrogen-bond donors (Lipinski definition) is 1. The Labute approximate surface area is 86.7 Å². The van der Waals surface area contributed by atoms with Crippen LogP contribution in [-0.4, -0.2) is 15.6 Å². The van der Waals surface area contributed by atoms with E-state index in [1.807, 2.05) is 0 Å². The molecule has 1 aliphatic carbocycles. The SMILES string of the molecule is CCn1cc(CNC2CC2)nc1Br. The number of hydrogen-bond acceptors (Lipinski definition) is 2. The molecule has 1 saturated carbocycles. The molecule has 13 heavy (non-hydrogen) atoms. The first-order valence-corrected chi connectivity index (χ1v) is 5.54. The third-order valence-corrected chi connectivity index (χ3v) is 2.90. The largest absolute Gasteiger partial charge is 0.326 e. The molecule has 0 unspecified atom stereocenters. The average Bonchev–Trinajstić information content (AvgIpc) is 2.87. The van der Waals surface area contributed by atoms with Gasteiger partial charge in [0.2, 0.25) is 0 Å². The number of nitrogens with zero attached hydrogens (tertiary/aromatic N) is 2. The Balaban J connectivity index is 1.94. The smallest absolute Gasteiger partial charge is 0.177 e. The molecule has 0 amide bonds. The maximum atomic E-state index is 4.40. The van der Waals surface area contributed by atoms with E-state index in [-0.39, 0.29) is 0 Å². The molecule has 4 heteroatoms. The molecule has 1 N–H and O–H groups in total. The van der Waals surface area contributed by atoms with Crippen molar-refractivity contribution in [2.24, 2.45) is 0 Å². The van der Waals surface area contributed by atoms with Gasteiger partial charge in [0, 0.05) is 25.3 Å². The van der Waals surface area contributed by atoms with Crippen LogP contribution < -0.4 is 5.32 Å². The molecule has 1 aromatic rings. The average molecular weight is 244 g/mol. The number of nitrogens with one attached hydrogen (secondary N) is 1. The summed E-state index contributed by atoms with van der Waals surface area (Å²) in [6.07, 6.45) is 4.75. The summed E-state index contributed by atoms with van der Waals surface area (Å²) < 4.78 is 3.03. The van der Waals surface area contributed by atoms with Crippen LogP contribution in [0, 0.1) is 0 Å². The Morgan fingerprint density at radius 3 is 3.00 bits per heavy atom. The van der Waals surface area contributed by atoms with E-state index in [4.69, 9.17) is 0 Å². The lowest BCUT2D eigenvalue weighted by atomic mass is 10.4. The summed E-state index contributed by atoms with van der Waals surface area (Å²) in [7, 11) is 0. The quantitative estimate of drug-likeness (QED) is 0.876. The molecule has 0 atom stereocenters. The first-order valence-electron chi connectivity index (χ1n) is 4.74. The van der Waals surface area contributed by atoms with Crippen molar-refractivity contribution in [3.63, 3.8) is 0 Å². The summed E-state index contributed by atoms with van der Waals surface area (Å²) in [6, 6.07) is 0.755. The molecule has 0 spiro atoms. The molecule has 0 radical (unpaired) electrons. The lowest BCUT2D eigenvalue weighted by Gasteiger charge is -1.97. The number of halogens is 1. The van der Waals surface area contributed by atoms with E-state index < -0.39 is 0 Å². The van der Waals surface area contributed by atoms with Gasteiger partial charge in [0.05, 0.1) is 5.69 Å². The highest BCUT2D eigenvalue weighted by Crippen LogP contribution is 2.19. The Kier molecular flexibility index (Phi) is 2.69. The normalized spacial score (nSPS) is 16.5. The van der Waals surface area contributed by atoms with Crippen molar-refractivity contribution in [2.75, 3.05) is 0 Å². The van der Waals surface area contributed by atoms with Crippen LogP contribution in [0.15, 0.2) is 10.9 Å². The highest BCUT2D eigenvalue weighted by atomic mass is 79.9. The van der Waals surface area contributed by atoms with Crippen LogP contribution in [0.3, 0.4) is 0 Å². The van der Waals surface area contributed by atoms with E-state index in [1.165, 1.54) is 12.8 Å². The summed E-state index contributed by atoms with van der Waals surface area (Å²) in [5.74, 6) is 0. The molecular weight excluding hydrogens is 230 g/mol. The van der Waals surface area contributed by atoms with Crippen LogP contribution >= 0.6 is 15.9 Å². The van der Waals surface area contributed by atoms with Crippen LogP contribution in [-0.2, 0) is 13.1 Å². The van der Waals surface area contributed by atoms with E-state index in [2.05, 4.69) is 43.9 Å². The Bertz CT molecular complexity index is 291. The predicted molar refractivity (Wildman–Crippen MR) is 55.5 cm³/mol. The van der Waals surface area contributed by atoms with Crippen molar-refractivity contribution in [3.8, 4) is 0 Å². The first kappa shape index (κ1) is 9.21. The second kappa shape index (κ2) is 3.80. The maximum Gasteiger partial charge on any atom is 0.177 e. The maximum absolute atomic E-state index is 4.40. The lowest BCUT2D eigenvalue weighted by molar-refractivity contribution is 0.675. The van der Waals surface area contributed by atoms with Gasteiger partial charge in [0.15, 0.2) is 4.73 Å². The van der Waals surface area contributed by atoms with Gasteiger partial charge in [-0.1, -0.05) is 0 Å². The zero-order valence-corrected chi connectivity index (χ0v) is 9.34. The summed E-state index contributed by atoms with van der Waals surface area (Å²) >= 11 is 3.42. The molecule has 0 aromatic carbocycles. The van der Waals surface area contributed by atoms with Gasteiger partial charge < -0.3 is 9.88 Å². The molecule has 72 valence electrons. The van der Waals surface area contributed by atoms with Crippen LogP contribution in [0.25, 0.3) is 0 Å². The second-order valence-electron chi connectivity index (χ2n) is 3.44. The lowest BCUT2D eigenvalue weighted by Crippen LogP contribution is -2.15. The predicted octanol–water partition coefficient (Wildman–Crippen LogP) is 1.92. The number of aromatic nitrogens is 2. The molecule has 0 aliphatic heterocycles. The van der Waals surface area contributed by atoms with E-state index in [0.29, 0.717) is 0 Å². The Morgan fingerprint density at radius 2 is 2.46 bits per heavy atom. The van der Waals surface area contributed by atoms with Crippen LogP contribution in [0.5, 0.6) is 0 Å². The molecule has 1 aromatic heterocycles. The fourth-order valence-corrected chi connectivity index (χ4v) is 1.87. The first-order chi connectivity index (χ1) is 6.29. The summed E-state index contributed by atoms with van der Waals surface area (Å²) in [5.41, 5.74) is 1.13. The standard InChI is InChI=1S/C9H14BrN3/c1-2-13-6-8(12-9(13)10)5-11-7-3-4-7/h6-7,11H,2-5H2,1H3. The van der Waals surface area contributed by atoms with Crippen molar-refractivity contribution in [3.05, 3.63) is 16.6 Å². The topological polar surface area (TPSA) is 29.9 Å². The number of imidazole rings is 1. The van der Waals surface area contributed by atoms with E-state index in [0.717, 1.165) is 29.6 Å². The molecule has 2 rings (SSSR count). The number of rotatable bonds is 4. The molecule has 1 aliphatic rings. The van der Waals surface area contributed by atoms with Gasteiger partial charge in [-0.25, -0.2) is 4.98 Å². The van der Waals surface area contributed by atoms with Gasteiger partial charge in [0.1, 0.15) is 0 Å². The van der Waals surface area contributed by atoms with Crippen molar-refractivity contribution in [1.82, 2.24) is 14.9 Å². The highest BCUT2D eigenvalue weighted by Gasteiger charge is 2.20. The highest BCUT2D eigenvalue weighted by molar-refractivity contribution is 9.10. The van der Waals surface area contributed by atoms with E-state index in [9.17, 15) is 0 Å². The van der Waals surface area contributed by atoms with Crippen molar-refractivity contribution < 1.29 is 0 Å². The fourth-order valence-electron chi connectivity index (χ4n) is 1.29. The molecule has 0 saturated heterocycles. The molecule has 1 heterocycles. The summed E-state index contributed by atoms with van der Waals surface area (Å²) in [6.45, 7) is 3.98. The van der Waals surface area contributed by atoms with Crippen LogP contribution in [0.4, 0.5) is 0 Å². The van der Waals surface area contributed by atoms with Crippen molar-refractivity contribution in [1.29, 1.82) is 0 Å². The van der Waals surface area contributed by atoms with Gasteiger partial charge in [-0.05, 0) is 35.7 Å². The Morgan fingerprint density at radius 1 is 1.69 bits per heavy atom. The van der Waals surface area contributed by atoms with Crippen LogP contribution in [0.2, 0.25) is 0 Å². The Hall–Kier alpha value is -0.350. The second-order valence-corrected chi connectivity index (χ2v) is 4.15. The number of aryl methyl sites for hydroxylation is 1. The molecular formula is C9H14BrN3. The van der Waals surface area contributed by atoms with Crippen molar-refractivity contribution in [2.45, 2.75) is 38.9 Å². The van der Waals surface area contributed by atoms with Gasteiger partial charge in [-0.15, -0.1) is 0 Å².